The first-order chi connectivity index (χ1) is 12.6. The minimum absolute atomic E-state index is 0.207. The van der Waals surface area contributed by atoms with E-state index in [1.807, 2.05) is 12.1 Å². The average molecular weight is 362 g/mol. The van der Waals surface area contributed by atoms with Crippen molar-refractivity contribution in [1.29, 1.82) is 0 Å². The summed E-state index contributed by atoms with van der Waals surface area (Å²) < 4.78 is 16.3. The summed E-state index contributed by atoms with van der Waals surface area (Å²) in [6, 6.07) is 5.56. The van der Waals surface area contributed by atoms with E-state index >= 15 is 0 Å². The van der Waals surface area contributed by atoms with Gasteiger partial charge in [-0.3, -0.25) is 4.79 Å². The minimum atomic E-state index is -0.250. The number of ether oxygens (including phenoxy) is 3. The van der Waals surface area contributed by atoms with E-state index in [9.17, 15) is 0 Å². The fraction of sp³-hybridized carbons (Fsp3) is 0.353. The van der Waals surface area contributed by atoms with Crippen molar-refractivity contribution in [1.82, 2.24) is 9.97 Å². The van der Waals surface area contributed by atoms with Gasteiger partial charge in [0, 0.05) is 30.8 Å². The van der Waals surface area contributed by atoms with Crippen molar-refractivity contribution in [2.45, 2.75) is 13.8 Å². The number of anilines is 2. The highest BCUT2D eigenvalue weighted by Crippen LogP contribution is 2.42. The second kappa shape index (κ2) is 8.75. The Morgan fingerprint density at radius 3 is 2.42 bits per heavy atom. The molecule has 0 atom stereocenters. The molecule has 1 aliphatic heterocycles. The number of fused-ring (bicyclic) bond motifs is 1. The van der Waals surface area contributed by atoms with Crippen LogP contribution in [0.3, 0.4) is 0 Å². The van der Waals surface area contributed by atoms with Gasteiger partial charge in [0.15, 0.2) is 11.5 Å². The molecule has 0 fully saturated rings. The van der Waals surface area contributed by atoms with E-state index < -0.39 is 0 Å². The third-order valence-corrected chi connectivity index (χ3v) is 3.79. The lowest BCUT2D eigenvalue weighted by molar-refractivity contribution is -0.122. The molecule has 1 aromatic carbocycles. The number of carboxylic acid groups (broad SMARTS) is 1. The fourth-order valence-corrected chi connectivity index (χ4v) is 2.59. The lowest BCUT2D eigenvalue weighted by atomic mass is 10.1. The Labute approximate surface area is 151 Å². The maximum atomic E-state index is 8.36. The summed E-state index contributed by atoms with van der Waals surface area (Å²) in [5.41, 5.74) is 7.38. The van der Waals surface area contributed by atoms with E-state index in [1.54, 1.807) is 13.2 Å². The number of hydrogen-bond acceptors (Lipinski definition) is 8. The third kappa shape index (κ3) is 4.05. The highest BCUT2D eigenvalue weighted by Gasteiger charge is 2.20. The Kier molecular flexibility index (Phi) is 6.42. The van der Waals surface area contributed by atoms with Crippen LogP contribution in [0.5, 0.6) is 17.2 Å². The van der Waals surface area contributed by atoms with Crippen molar-refractivity contribution in [2.24, 2.45) is 0 Å². The van der Waals surface area contributed by atoms with E-state index in [1.165, 1.54) is 0 Å². The molecule has 3 N–H and O–H groups in total. The van der Waals surface area contributed by atoms with Gasteiger partial charge in [-0.25, -0.2) is 4.98 Å². The number of benzene rings is 1. The minimum Gasteiger partial charge on any atom is -0.496 e. The Balaban J connectivity index is 0.000000758. The monoisotopic (exact) mass is 362 g/mol. The normalized spacial score (nSPS) is 11.3. The van der Waals surface area contributed by atoms with Gasteiger partial charge in [0.1, 0.15) is 11.6 Å². The van der Waals surface area contributed by atoms with Gasteiger partial charge in [-0.05, 0) is 19.9 Å². The van der Waals surface area contributed by atoms with Gasteiger partial charge in [0.25, 0.3) is 6.47 Å². The van der Waals surface area contributed by atoms with Crippen LogP contribution in [0.15, 0.2) is 18.2 Å². The highest BCUT2D eigenvalue weighted by molar-refractivity contribution is 5.74. The summed E-state index contributed by atoms with van der Waals surface area (Å²) in [5.74, 6) is 3.00. The maximum absolute atomic E-state index is 8.36. The maximum Gasteiger partial charge on any atom is 0.290 e. The van der Waals surface area contributed by atoms with Gasteiger partial charge in [-0.15, -0.1) is 0 Å². The second-order valence-electron chi connectivity index (χ2n) is 5.15. The van der Waals surface area contributed by atoms with Crippen LogP contribution in [-0.2, 0) is 4.79 Å². The summed E-state index contributed by atoms with van der Waals surface area (Å²) in [6.45, 7) is 5.78. The number of nitrogen functional groups attached to an aromatic ring is 1. The van der Waals surface area contributed by atoms with Gasteiger partial charge in [-0.1, -0.05) is 0 Å². The van der Waals surface area contributed by atoms with Crippen LogP contribution in [-0.4, -0.2) is 48.5 Å². The number of hydrogen-bond donors (Lipinski definition) is 2. The Morgan fingerprint density at radius 2 is 1.85 bits per heavy atom. The third-order valence-electron chi connectivity index (χ3n) is 3.79. The SMILES string of the molecule is CCN(CC)c1cc(-c2cc3c(cc2OC)OCO3)nc(N)n1.O=CO. The summed E-state index contributed by atoms with van der Waals surface area (Å²) in [6.07, 6.45) is 0. The molecule has 0 saturated heterocycles. The molecule has 9 heteroatoms. The topological polar surface area (TPSA) is 120 Å². The molecule has 0 bridgehead atoms. The Hall–Kier alpha value is -3.23. The molecule has 0 saturated carbocycles. The summed E-state index contributed by atoms with van der Waals surface area (Å²) in [7, 11) is 1.61. The van der Waals surface area contributed by atoms with E-state index in [0.717, 1.165) is 24.5 Å². The second-order valence-corrected chi connectivity index (χ2v) is 5.15. The molecule has 140 valence electrons. The van der Waals surface area contributed by atoms with Crippen LogP contribution in [0.2, 0.25) is 0 Å². The van der Waals surface area contributed by atoms with E-state index in [-0.39, 0.29) is 19.2 Å². The van der Waals surface area contributed by atoms with Crippen molar-refractivity contribution >= 4 is 18.2 Å². The number of carbonyl (C=O) groups is 1. The van der Waals surface area contributed by atoms with Crippen molar-refractivity contribution in [3.63, 3.8) is 0 Å². The predicted octanol–water partition coefficient (Wildman–Crippen LogP) is 2.01. The van der Waals surface area contributed by atoms with Gasteiger partial charge in [0.2, 0.25) is 12.7 Å². The number of aromatic nitrogens is 2. The number of nitrogens with two attached hydrogens (primary N) is 1. The molecule has 9 nitrogen and oxygen atoms in total. The first-order valence-corrected chi connectivity index (χ1v) is 8.03. The Morgan fingerprint density at radius 1 is 1.23 bits per heavy atom. The van der Waals surface area contributed by atoms with Crippen molar-refractivity contribution in [3.8, 4) is 28.5 Å². The molecule has 0 radical (unpaired) electrons. The first kappa shape index (κ1) is 19.1. The quantitative estimate of drug-likeness (QED) is 0.769. The number of nitrogens with zero attached hydrogens (tertiary/aromatic N) is 3. The Bertz CT molecular complexity index is 765. The molecular formula is C17H22N4O5. The van der Waals surface area contributed by atoms with E-state index in [4.69, 9.17) is 29.8 Å². The van der Waals surface area contributed by atoms with Crippen LogP contribution < -0.4 is 24.8 Å². The fourth-order valence-electron chi connectivity index (χ4n) is 2.59. The number of rotatable bonds is 5. The molecule has 3 rings (SSSR count). The molecule has 26 heavy (non-hydrogen) atoms. The summed E-state index contributed by atoms with van der Waals surface area (Å²) in [5, 5.41) is 6.89. The largest absolute Gasteiger partial charge is 0.496 e. The van der Waals surface area contributed by atoms with Crippen molar-refractivity contribution < 1.29 is 24.1 Å². The van der Waals surface area contributed by atoms with Crippen LogP contribution in [0, 0.1) is 0 Å². The molecule has 0 aliphatic carbocycles. The van der Waals surface area contributed by atoms with Crippen molar-refractivity contribution in [3.05, 3.63) is 18.2 Å². The van der Waals surface area contributed by atoms with Crippen LogP contribution >= 0.6 is 0 Å². The lowest BCUT2D eigenvalue weighted by Gasteiger charge is -2.20. The van der Waals surface area contributed by atoms with Crippen LogP contribution in [0.1, 0.15) is 13.8 Å². The lowest BCUT2D eigenvalue weighted by Crippen LogP contribution is -2.23. The molecular weight excluding hydrogens is 340 g/mol. The standard InChI is InChI=1S/C16H20N4O3.CH2O2/c1-4-20(5-2)15-7-11(18-16(17)19-15)10-6-13-14(23-9-22-13)8-12(10)21-3;2-1-3/h6-8H,4-5,9H2,1-3H3,(H2,17,18,19);1H,(H,2,3). The zero-order valence-electron chi connectivity index (χ0n) is 14.9. The van der Waals surface area contributed by atoms with Gasteiger partial charge >= 0.3 is 0 Å². The molecule has 0 unspecified atom stereocenters. The van der Waals surface area contributed by atoms with Crippen LogP contribution in [0.4, 0.5) is 11.8 Å². The number of methoxy groups -OCH3 is 1. The van der Waals surface area contributed by atoms with E-state index in [0.29, 0.717) is 22.9 Å². The summed E-state index contributed by atoms with van der Waals surface area (Å²) >= 11 is 0. The summed E-state index contributed by atoms with van der Waals surface area (Å²) in [4.78, 5) is 19.2. The van der Waals surface area contributed by atoms with Gasteiger partial charge in [0.05, 0.1) is 12.8 Å². The molecule has 2 heterocycles. The molecule has 2 aromatic rings. The van der Waals surface area contributed by atoms with E-state index in [2.05, 4.69) is 28.7 Å². The molecule has 1 aromatic heterocycles. The molecule has 0 spiro atoms. The van der Waals surface area contributed by atoms with Crippen molar-refractivity contribution in [2.75, 3.05) is 37.6 Å². The zero-order chi connectivity index (χ0) is 19.1. The first-order valence-electron chi connectivity index (χ1n) is 8.03. The average Bonchev–Trinajstić information content (AvgIpc) is 3.09. The predicted molar refractivity (Wildman–Crippen MR) is 96.8 cm³/mol. The zero-order valence-corrected chi connectivity index (χ0v) is 14.9. The molecule has 1 aliphatic rings. The van der Waals surface area contributed by atoms with Gasteiger partial charge in [-0.2, -0.15) is 4.98 Å². The smallest absolute Gasteiger partial charge is 0.290 e. The highest BCUT2D eigenvalue weighted by atomic mass is 16.7. The molecule has 0 amide bonds. The van der Waals surface area contributed by atoms with Gasteiger partial charge < -0.3 is 30.0 Å². The van der Waals surface area contributed by atoms with Crippen LogP contribution in [0.25, 0.3) is 11.3 Å².